The lowest BCUT2D eigenvalue weighted by molar-refractivity contribution is -0.123. The fraction of sp³-hybridized carbons (Fsp3) is 0.278. The number of nitriles is 1. The Labute approximate surface area is 152 Å². The molecule has 126 valence electrons. The van der Waals surface area contributed by atoms with Crippen LogP contribution in [0.5, 0.6) is 0 Å². The second kappa shape index (κ2) is 5.20. The predicted octanol–water partition coefficient (Wildman–Crippen LogP) is 2.62. The zero-order chi connectivity index (χ0) is 17.9. The van der Waals surface area contributed by atoms with Gasteiger partial charge in [-0.25, -0.2) is 0 Å². The Hall–Kier alpha value is -2.59. The Kier molecular flexibility index (Phi) is 3.31. The first kappa shape index (κ1) is 15.9. The van der Waals surface area contributed by atoms with Crippen molar-refractivity contribution in [2.75, 3.05) is 5.32 Å². The summed E-state index contributed by atoms with van der Waals surface area (Å²) >= 11 is 3.40. The van der Waals surface area contributed by atoms with Crippen LogP contribution in [0.2, 0.25) is 0 Å². The van der Waals surface area contributed by atoms with E-state index in [1.54, 1.807) is 18.2 Å². The first-order valence-electron chi connectivity index (χ1n) is 7.86. The summed E-state index contributed by atoms with van der Waals surface area (Å²) in [6.07, 6.45) is 0.804. The van der Waals surface area contributed by atoms with Crippen molar-refractivity contribution in [3.05, 3.63) is 51.0 Å². The van der Waals surface area contributed by atoms with Gasteiger partial charge in [-0.1, -0.05) is 22.9 Å². The molecule has 0 unspecified atom stereocenters. The maximum Gasteiger partial charge on any atom is 0.245 e. The largest absolute Gasteiger partial charge is 0.444 e. The van der Waals surface area contributed by atoms with Crippen LogP contribution >= 0.6 is 15.9 Å². The Morgan fingerprint density at radius 2 is 2.16 bits per heavy atom. The lowest BCUT2D eigenvalue weighted by atomic mass is 9.64. The third-order valence-corrected chi connectivity index (χ3v) is 5.43. The number of hydrogen-bond acceptors (Lipinski definition) is 5. The minimum atomic E-state index is -1.54. The Bertz CT molecular complexity index is 957. The molecule has 0 radical (unpaired) electrons. The number of carbonyl (C=O) groups excluding carboxylic acids is 2. The van der Waals surface area contributed by atoms with Gasteiger partial charge >= 0.3 is 0 Å². The maximum atomic E-state index is 13.1. The number of carbonyl (C=O) groups is 2. The van der Waals surface area contributed by atoms with Crippen LogP contribution in [0.3, 0.4) is 0 Å². The van der Waals surface area contributed by atoms with Gasteiger partial charge in [-0.15, -0.1) is 0 Å². The molecule has 7 heteroatoms. The van der Waals surface area contributed by atoms with E-state index < -0.39 is 11.3 Å². The molecule has 2 heterocycles. The van der Waals surface area contributed by atoms with Crippen LogP contribution in [0.25, 0.3) is 0 Å². The molecule has 25 heavy (non-hydrogen) atoms. The van der Waals surface area contributed by atoms with Crippen LogP contribution in [-0.4, -0.2) is 11.7 Å². The standard InChI is InChI=1S/C18H14BrN3O3/c1-8-4-13(23)15-14(5-8)25-16(21)11(7-20)18(15)10-6-9(19)2-3-12(10)22-17(18)24/h2-3,6,8H,4-5,21H2,1H3,(H,22,24)/t8-,18-/m1/s1. The van der Waals surface area contributed by atoms with Crippen LogP contribution in [0.1, 0.15) is 25.3 Å². The normalized spacial score (nSPS) is 27.6. The first-order chi connectivity index (χ1) is 11.9. The van der Waals surface area contributed by atoms with Gasteiger partial charge in [0, 0.05) is 28.6 Å². The number of nitrogens with two attached hydrogens (primary N) is 1. The molecular formula is C18H14BrN3O3. The van der Waals surface area contributed by atoms with Crippen LogP contribution in [-0.2, 0) is 19.7 Å². The Balaban J connectivity index is 2.11. The summed E-state index contributed by atoms with van der Waals surface area (Å²) in [7, 11) is 0. The lowest BCUT2D eigenvalue weighted by Crippen LogP contribution is -2.47. The molecule has 6 nitrogen and oxygen atoms in total. The lowest BCUT2D eigenvalue weighted by Gasteiger charge is -2.38. The van der Waals surface area contributed by atoms with Gasteiger partial charge < -0.3 is 15.8 Å². The average molecular weight is 400 g/mol. The van der Waals surface area contributed by atoms with E-state index >= 15 is 0 Å². The number of Topliss-reactive ketones (excluding diaryl/α,β-unsaturated/α-hetero) is 1. The summed E-state index contributed by atoms with van der Waals surface area (Å²) in [5.41, 5.74) is 5.77. The van der Waals surface area contributed by atoms with Crippen LogP contribution in [0, 0.1) is 17.2 Å². The van der Waals surface area contributed by atoms with Crippen LogP contribution in [0.4, 0.5) is 5.69 Å². The number of amides is 1. The molecule has 2 aliphatic heterocycles. The quantitative estimate of drug-likeness (QED) is 0.697. The minimum Gasteiger partial charge on any atom is -0.444 e. The second-order valence-corrected chi connectivity index (χ2v) is 7.50. The number of anilines is 1. The Morgan fingerprint density at radius 3 is 2.88 bits per heavy atom. The van der Waals surface area contributed by atoms with Gasteiger partial charge in [0.1, 0.15) is 22.8 Å². The number of benzene rings is 1. The molecule has 1 aromatic rings. The fourth-order valence-electron chi connectivity index (χ4n) is 3.98. The van der Waals surface area contributed by atoms with Crippen molar-refractivity contribution in [2.24, 2.45) is 11.7 Å². The van der Waals surface area contributed by atoms with Gasteiger partial charge in [0.2, 0.25) is 11.8 Å². The number of fused-ring (bicyclic) bond motifs is 3. The van der Waals surface area contributed by atoms with E-state index in [-0.39, 0.29) is 28.7 Å². The highest BCUT2D eigenvalue weighted by Crippen LogP contribution is 2.54. The van der Waals surface area contributed by atoms with Crippen molar-refractivity contribution in [2.45, 2.75) is 25.2 Å². The molecule has 1 aromatic carbocycles. The molecule has 0 saturated heterocycles. The number of nitrogens with one attached hydrogen (secondary N) is 1. The summed E-state index contributed by atoms with van der Waals surface area (Å²) in [4.78, 5) is 26.0. The monoisotopic (exact) mass is 399 g/mol. The molecule has 0 fully saturated rings. The van der Waals surface area contributed by atoms with Gasteiger partial charge in [0.25, 0.3) is 0 Å². The SMILES string of the molecule is C[C@@H]1CC(=O)C2=C(C1)OC(N)=C(C#N)[C@@]21C(=O)Nc2ccc(Br)cc21. The van der Waals surface area contributed by atoms with Crippen molar-refractivity contribution >= 4 is 33.3 Å². The van der Waals surface area contributed by atoms with E-state index in [4.69, 9.17) is 10.5 Å². The molecule has 3 N–H and O–H groups in total. The molecule has 1 aliphatic carbocycles. The smallest absolute Gasteiger partial charge is 0.245 e. The molecule has 1 spiro atoms. The number of hydrogen-bond donors (Lipinski definition) is 2. The van der Waals surface area contributed by atoms with E-state index in [1.807, 2.05) is 13.0 Å². The van der Waals surface area contributed by atoms with Gasteiger partial charge in [0.05, 0.1) is 5.57 Å². The molecule has 0 bridgehead atoms. The van der Waals surface area contributed by atoms with Gasteiger partial charge in [-0.2, -0.15) is 5.26 Å². The molecule has 4 rings (SSSR count). The van der Waals surface area contributed by atoms with E-state index in [1.165, 1.54) is 0 Å². The molecule has 0 aromatic heterocycles. The van der Waals surface area contributed by atoms with E-state index in [0.29, 0.717) is 29.9 Å². The predicted molar refractivity (Wildman–Crippen MR) is 92.8 cm³/mol. The minimum absolute atomic E-state index is 0.0384. The summed E-state index contributed by atoms with van der Waals surface area (Å²) in [6.45, 7) is 1.94. The van der Waals surface area contributed by atoms with E-state index in [0.717, 1.165) is 4.47 Å². The van der Waals surface area contributed by atoms with E-state index in [2.05, 4.69) is 21.2 Å². The van der Waals surface area contributed by atoms with Crippen molar-refractivity contribution < 1.29 is 14.3 Å². The average Bonchev–Trinajstić information content (AvgIpc) is 2.80. The third kappa shape index (κ3) is 1.94. The molecule has 1 amide bonds. The fourth-order valence-corrected chi connectivity index (χ4v) is 4.34. The summed E-state index contributed by atoms with van der Waals surface area (Å²) in [5.74, 6) is -0.267. The number of allylic oxidation sites excluding steroid dienone is 1. The van der Waals surface area contributed by atoms with E-state index in [9.17, 15) is 14.9 Å². The first-order valence-corrected chi connectivity index (χ1v) is 8.65. The molecule has 2 atom stereocenters. The molecule has 3 aliphatic rings. The zero-order valence-corrected chi connectivity index (χ0v) is 14.9. The van der Waals surface area contributed by atoms with Gasteiger partial charge in [-0.3, -0.25) is 9.59 Å². The maximum absolute atomic E-state index is 13.1. The molecule has 0 saturated carbocycles. The van der Waals surface area contributed by atoms with Crippen molar-refractivity contribution in [1.82, 2.24) is 0 Å². The number of ketones is 1. The number of ether oxygens (including phenoxy) is 1. The van der Waals surface area contributed by atoms with Crippen LogP contribution in [0.15, 0.2) is 45.5 Å². The second-order valence-electron chi connectivity index (χ2n) is 6.58. The van der Waals surface area contributed by atoms with Crippen molar-refractivity contribution in [3.8, 4) is 6.07 Å². The third-order valence-electron chi connectivity index (χ3n) is 4.94. The highest BCUT2D eigenvalue weighted by Gasteiger charge is 2.60. The summed E-state index contributed by atoms with van der Waals surface area (Å²) in [5, 5.41) is 12.5. The number of halogens is 1. The number of rotatable bonds is 0. The van der Waals surface area contributed by atoms with Crippen LogP contribution < -0.4 is 11.1 Å². The number of nitrogens with zero attached hydrogens (tertiary/aromatic N) is 1. The van der Waals surface area contributed by atoms with Crippen molar-refractivity contribution in [3.63, 3.8) is 0 Å². The van der Waals surface area contributed by atoms with Crippen molar-refractivity contribution in [1.29, 1.82) is 5.26 Å². The van der Waals surface area contributed by atoms with Gasteiger partial charge in [-0.05, 0) is 24.1 Å². The Morgan fingerprint density at radius 1 is 1.40 bits per heavy atom. The summed E-state index contributed by atoms with van der Waals surface area (Å²) in [6, 6.07) is 7.29. The van der Waals surface area contributed by atoms with Gasteiger partial charge in [0.15, 0.2) is 5.78 Å². The molecular weight excluding hydrogens is 386 g/mol. The summed E-state index contributed by atoms with van der Waals surface area (Å²) < 4.78 is 6.36. The zero-order valence-electron chi connectivity index (χ0n) is 13.4. The topological polar surface area (TPSA) is 105 Å². The highest BCUT2D eigenvalue weighted by atomic mass is 79.9. The highest BCUT2D eigenvalue weighted by molar-refractivity contribution is 9.10.